The van der Waals surface area contributed by atoms with Gasteiger partial charge in [-0.25, -0.2) is 8.42 Å². The molecule has 23 heavy (non-hydrogen) atoms. The number of sulfone groups is 1. The highest BCUT2D eigenvalue weighted by molar-refractivity contribution is 8.14. The topological polar surface area (TPSA) is 78.8 Å². The number of anilines is 1. The number of nitrogens with one attached hydrogen (secondary N) is 1. The summed E-state index contributed by atoms with van der Waals surface area (Å²) >= 11 is 7.19. The van der Waals surface area contributed by atoms with Gasteiger partial charge in [0.2, 0.25) is 5.91 Å². The van der Waals surface area contributed by atoms with E-state index in [2.05, 4.69) is 10.3 Å². The quantitative estimate of drug-likeness (QED) is 0.868. The average molecular weight is 374 g/mol. The highest BCUT2D eigenvalue weighted by atomic mass is 35.5. The van der Waals surface area contributed by atoms with Crippen molar-refractivity contribution in [1.82, 2.24) is 4.90 Å². The number of likely N-dealkylation sites (N-methyl/N-ethyl adjacent to an activating group) is 1. The van der Waals surface area contributed by atoms with Gasteiger partial charge in [-0.05, 0) is 18.2 Å². The van der Waals surface area contributed by atoms with E-state index in [-0.39, 0.29) is 35.2 Å². The van der Waals surface area contributed by atoms with Gasteiger partial charge in [0.05, 0.1) is 29.3 Å². The van der Waals surface area contributed by atoms with E-state index >= 15 is 0 Å². The van der Waals surface area contributed by atoms with E-state index in [1.807, 2.05) is 11.9 Å². The van der Waals surface area contributed by atoms with E-state index in [1.165, 1.54) is 11.8 Å². The molecule has 1 aromatic rings. The molecule has 3 rings (SSSR count). The van der Waals surface area contributed by atoms with Crippen LogP contribution in [0.15, 0.2) is 29.3 Å². The Labute approximate surface area is 144 Å². The van der Waals surface area contributed by atoms with Crippen LogP contribution in [0.4, 0.5) is 5.69 Å². The second-order valence-electron chi connectivity index (χ2n) is 5.58. The first-order chi connectivity index (χ1) is 10.8. The van der Waals surface area contributed by atoms with Gasteiger partial charge in [0, 0.05) is 17.8 Å². The number of carbonyl (C=O) groups excluding carboxylic acids is 1. The maximum Gasteiger partial charge on any atom is 0.234 e. The lowest BCUT2D eigenvalue weighted by Crippen LogP contribution is -2.35. The van der Waals surface area contributed by atoms with Crippen molar-refractivity contribution in [2.24, 2.45) is 4.99 Å². The highest BCUT2D eigenvalue weighted by Crippen LogP contribution is 2.29. The van der Waals surface area contributed by atoms with Crippen molar-refractivity contribution < 1.29 is 13.2 Å². The van der Waals surface area contributed by atoms with Crippen LogP contribution >= 0.6 is 23.4 Å². The normalized spacial score (nSPS) is 25.1. The number of hydrogen-bond donors (Lipinski definition) is 1. The minimum Gasteiger partial charge on any atom is -0.348 e. The van der Waals surface area contributed by atoms with Crippen molar-refractivity contribution in [1.29, 1.82) is 0 Å². The Morgan fingerprint density at radius 3 is 2.96 bits per heavy atom. The van der Waals surface area contributed by atoms with Crippen LogP contribution in [0.2, 0.25) is 5.02 Å². The number of hydrogen-bond acceptors (Lipinski definition) is 6. The smallest absolute Gasteiger partial charge is 0.234 e. The van der Waals surface area contributed by atoms with E-state index in [9.17, 15) is 13.2 Å². The second kappa shape index (κ2) is 6.33. The fourth-order valence-corrected chi connectivity index (χ4v) is 5.70. The monoisotopic (exact) mass is 373 g/mol. The van der Waals surface area contributed by atoms with Gasteiger partial charge in [-0.1, -0.05) is 29.4 Å². The van der Waals surface area contributed by atoms with Gasteiger partial charge in [0.1, 0.15) is 0 Å². The van der Waals surface area contributed by atoms with Crippen molar-refractivity contribution in [2.75, 3.05) is 29.6 Å². The number of fused-ring (bicyclic) bond motifs is 1. The zero-order valence-corrected chi connectivity index (χ0v) is 14.8. The molecule has 0 radical (unpaired) electrons. The summed E-state index contributed by atoms with van der Waals surface area (Å²) in [6.07, 6.45) is 0. The lowest BCUT2D eigenvalue weighted by Gasteiger charge is -2.20. The zero-order chi connectivity index (χ0) is 16.6. The SMILES string of the molecule is CN1C(SCC(=O)Nc2cccc(Cl)c2)=NC2CS(=O)(=O)CC21. The molecule has 0 aromatic heterocycles. The van der Waals surface area contributed by atoms with E-state index < -0.39 is 9.84 Å². The van der Waals surface area contributed by atoms with Gasteiger partial charge >= 0.3 is 0 Å². The summed E-state index contributed by atoms with van der Waals surface area (Å²) in [6, 6.07) is 6.64. The van der Waals surface area contributed by atoms with Gasteiger partial charge in [0.25, 0.3) is 0 Å². The van der Waals surface area contributed by atoms with Gasteiger partial charge in [-0.2, -0.15) is 0 Å². The maximum absolute atomic E-state index is 12.0. The van der Waals surface area contributed by atoms with Gasteiger partial charge in [-0.3, -0.25) is 9.79 Å². The first-order valence-corrected chi connectivity index (χ1v) is 10.2. The minimum absolute atomic E-state index is 0.0980. The molecule has 1 amide bonds. The van der Waals surface area contributed by atoms with E-state index in [0.29, 0.717) is 10.7 Å². The fraction of sp³-hybridized carbons (Fsp3) is 0.429. The number of rotatable bonds is 3. The third-order valence-corrected chi connectivity index (χ3v) is 6.80. The van der Waals surface area contributed by atoms with Gasteiger partial charge < -0.3 is 10.2 Å². The molecule has 1 saturated heterocycles. The van der Waals surface area contributed by atoms with Gasteiger partial charge in [0.15, 0.2) is 15.0 Å². The molecule has 2 aliphatic rings. The summed E-state index contributed by atoms with van der Waals surface area (Å²) in [5.74, 6) is 0.289. The Morgan fingerprint density at radius 2 is 2.26 bits per heavy atom. The summed E-state index contributed by atoms with van der Waals surface area (Å²) in [4.78, 5) is 18.3. The molecule has 124 valence electrons. The van der Waals surface area contributed by atoms with Crippen LogP contribution in [0.5, 0.6) is 0 Å². The molecule has 0 aliphatic carbocycles. The molecule has 1 aromatic carbocycles. The molecule has 0 saturated carbocycles. The van der Waals surface area contributed by atoms with Crippen molar-refractivity contribution in [2.45, 2.75) is 12.1 Å². The number of thioether (sulfide) groups is 1. The molecule has 6 nitrogen and oxygen atoms in total. The van der Waals surface area contributed by atoms with Crippen LogP contribution in [-0.2, 0) is 14.6 Å². The molecule has 2 unspecified atom stereocenters. The molecule has 9 heteroatoms. The summed E-state index contributed by atoms with van der Waals surface area (Å²) in [5.41, 5.74) is 0.646. The molecule has 1 fully saturated rings. The van der Waals surface area contributed by atoms with Crippen LogP contribution in [0.3, 0.4) is 0 Å². The highest BCUT2D eigenvalue weighted by Gasteiger charge is 2.45. The van der Waals surface area contributed by atoms with Gasteiger partial charge in [-0.15, -0.1) is 0 Å². The summed E-state index contributed by atoms with van der Waals surface area (Å²) in [7, 11) is -1.16. The molecule has 2 atom stereocenters. The van der Waals surface area contributed by atoms with Crippen LogP contribution in [-0.4, -0.2) is 60.8 Å². The molecular weight excluding hydrogens is 358 g/mol. The average Bonchev–Trinajstić information content (AvgIpc) is 2.90. The third-order valence-electron chi connectivity index (χ3n) is 3.81. The predicted molar refractivity (Wildman–Crippen MR) is 94.0 cm³/mol. The predicted octanol–water partition coefficient (Wildman–Crippen LogP) is 1.48. The summed E-state index contributed by atoms with van der Waals surface area (Å²) in [6.45, 7) is 0. The lowest BCUT2D eigenvalue weighted by molar-refractivity contribution is -0.113. The molecule has 0 spiro atoms. The number of nitrogens with zero attached hydrogens (tertiary/aromatic N) is 2. The zero-order valence-electron chi connectivity index (χ0n) is 12.4. The summed E-state index contributed by atoms with van der Waals surface area (Å²) in [5, 5.41) is 4.05. The van der Waals surface area contributed by atoms with Crippen LogP contribution in [0, 0.1) is 0 Å². The van der Waals surface area contributed by atoms with Crippen molar-refractivity contribution in [3.05, 3.63) is 29.3 Å². The lowest BCUT2D eigenvalue weighted by atomic mass is 10.2. The van der Waals surface area contributed by atoms with Crippen molar-refractivity contribution in [3.8, 4) is 0 Å². The van der Waals surface area contributed by atoms with Crippen LogP contribution in [0.25, 0.3) is 0 Å². The first-order valence-electron chi connectivity index (χ1n) is 7.03. The molecule has 0 bridgehead atoms. The molecule has 2 heterocycles. The first kappa shape index (κ1) is 16.6. The van der Waals surface area contributed by atoms with E-state index in [1.54, 1.807) is 24.3 Å². The minimum atomic E-state index is -2.99. The Morgan fingerprint density at radius 1 is 1.48 bits per heavy atom. The van der Waals surface area contributed by atoms with Crippen molar-refractivity contribution in [3.63, 3.8) is 0 Å². The van der Waals surface area contributed by atoms with Crippen LogP contribution in [0.1, 0.15) is 0 Å². The number of halogens is 1. The number of aliphatic imine (C=N–C) groups is 1. The Bertz CT molecular complexity index is 766. The van der Waals surface area contributed by atoms with E-state index in [4.69, 9.17) is 11.6 Å². The molecular formula is C14H16ClN3O3S2. The number of amidine groups is 1. The Hall–Kier alpha value is -1.25. The fourth-order valence-electron chi connectivity index (χ4n) is 2.71. The standard InChI is InChI=1S/C14H16ClN3O3S2/c1-18-12-8-23(20,21)7-11(12)17-14(18)22-6-13(19)16-10-4-2-3-9(15)5-10/h2-5,11-12H,6-8H2,1H3,(H,16,19). The van der Waals surface area contributed by atoms with E-state index in [0.717, 1.165) is 5.17 Å². The van der Waals surface area contributed by atoms with Crippen LogP contribution < -0.4 is 5.32 Å². The maximum atomic E-state index is 12.0. The number of amides is 1. The third kappa shape index (κ3) is 3.81. The van der Waals surface area contributed by atoms with Crippen molar-refractivity contribution >= 4 is 50.0 Å². The second-order valence-corrected chi connectivity index (χ2v) is 9.11. The number of carbonyl (C=O) groups is 1. The summed E-state index contributed by atoms with van der Waals surface area (Å²) < 4.78 is 23.2. The number of benzene rings is 1. The molecule has 1 N–H and O–H groups in total. The Balaban J connectivity index is 1.56. The molecule has 2 aliphatic heterocycles. The largest absolute Gasteiger partial charge is 0.348 e. The Kier molecular flexibility index (Phi) is 4.57.